The normalized spacial score (nSPS) is 18.2. The molecule has 0 unspecified atom stereocenters. The average Bonchev–Trinajstić information content (AvgIpc) is 3.62. The fourth-order valence-electron chi connectivity index (χ4n) is 4.99. The van der Waals surface area contributed by atoms with E-state index < -0.39 is 5.41 Å². The fraction of sp³-hybridized carbons (Fsp3) is 0.448. The van der Waals surface area contributed by atoms with Crippen LogP contribution in [0, 0.1) is 23.1 Å². The van der Waals surface area contributed by atoms with Crippen molar-refractivity contribution < 1.29 is 13.7 Å². The number of likely N-dealkylation sites (tertiary alicyclic amines) is 1. The Kier molecular flexibility index (Phi) is 7.61. The number of halogens is 1. The van der Waals surface area contributed by atoms with Gasteiger partial charge in [0.15, 0.2) is 5.82 Å². The molecule has 8 heteroatoms. The van der Waals surface area contributed by atoms with Crippen molar-refractivity contribution in [3.63, 3.8) is 0 Å². The smallest absolute Gasteiger partial charge is 0.247 e. The van der Waals surface area contributed by atoms with Crippen LogP contribution in [0.25, 0.3) is 0 Å². The van der Waals surface area contributed by atoms with E-state index in [-0.39, 0.29) is 17.8 Å². The monoisotopic (exact) mass is 501 g/mol. The van der Waals surface area contributed by atoms with Gasteiger partial charge >= 0.3 is 0 Å². The summed E-state index contributed by atoms with van der Waals surface area (Å²) in [7, 11) is 0. The first-order valence-corrected chi connectivity index (χ1v) is 13.1. The van der Waals surface area contributed by atoms with E-state index in [1.165, 1.54) is 12.1 Å². The van der Waals surface area contributed by atoms with E-state index in [2.05, 4.69) is 38.6 Å². The molecule has 3 aromatic rings. The molecule has 7 nitrogen and oxygen atoms in total. The van der Waals surface area contributed by atoms with Gasteiger partial charge in [0.1, 0.15) is 11.2 Å². The lowest BCUT2D eigenvalue weighted by atomic mass is 9.79. The van der Waals surface area contributed by atoms with E-state index in [0.29, 0.717) is 43.3 Å². The van der Waals surface area contributed by atoms with Gasteiger partial charge in [0, 0.05) is 32.5 Å². The van der Waals surface area contributed by atoms with Gasteiger partial charge in [-0.25, -0.2) is 4.39 Å². The lowest BCUT2D eigenvalue weighted by Crippen LogP contribution is -2.43. The molecule has 1 saturated carbocycles. The van der Waals surface area contributed by atoms with Crippen molar-refractivity contribution in [1.82, 2.24) is 20.4 Å². The summed E-state index contributed by atoms with van der Waals surface area (Å²) >= 11 is 0. The highest BCUT2D eigenvalue weighted by atomic mass is 19.1. The first kappa shape index (κ1) is 25.1. The maximum Gasteiger partial charge on any atom is 0.247 e. The maximum absolute atomic E-state index is 13.2. The number of aromatic nitrogens is 2. The van der Waals surface area contributed by atoms with Crippen LogP contribution in [-0.4, -0.2) is 40.6 Å². The quantitative estimate of drug-likeness (QED) is 0.433. The van der Waals surface area contributed by atoms with E-state index in [0.717, 1.165) is 50.0 Å². The molecule has 1 N–H and O–H groups in total. The first-order valence-electron chi connectivity index (χ1n) is 13.1. The molecule has 0 radical (unpaired) electrons. The third-order valence-corrected chi connectivity index (χ3v) is 7.52. The summed E-state index contributed by atoms with van der Waals surface area (Å²) in [4.78, 5) is 19.4. The number of rotatable bonds is 10. The molecular formula is C29H32FN5O2. The summed E-state index contributed by atoms with van der Waals surface area (Å²) in [6.45, 7) is 2.30. The minimum absolute atomic E-state index is 0.0277. The van der Waals surface area contributed by atoms with Crippen molar-refractivity contribution in [3.05, 3.63) is 83.3 Å². The third-order valence-electron chi connectivity index (χ3n) is 7.52. The molecular weight excluding hydrogens is 469 g/mol. The molecule has 0 bridgehead atoms. The molecule has 1 atom stereocenters. The maximum atomic E-state index is 13.2. The van der Waals surface area contributed by atoms with E-state index >= 15 is 0 Å². The highest BCUT2D eigenvalue weighted by molar-refractivity contribution is 5.77. The Labute approximate surface area is 216 Å². The van der Waals surface area contributed by atoms with Crippen LogP contribution in [0.1, 0.15) is 67.4 Å². The van der Waals surface area contributed by atoms with Gasteiger partial charge in [-0.2, -0.15) is 10.2 Å². The molecule has 1 aliphatic carbocycles. The zero-order valence-electron chi connectivity index (χ0n) is 20.9. The summed E-state index contributed by atoms with van der Waals surface area (Å²) in [5, 5.41) is 17.4. The Hall–Kier alpha value is -3.57. The predicted octanol–water partition coefficient (Wildman–Crippen LogP) is 4.70. The predicted molar refractivity (Wildman–Crippen MR) is 136 cm³/mol. The van der Waals surface area contributed by atoms with Crippen molar-refractivity contribution >= 4 is 5.91 Å². The summed E-state index contributed by atoms with van der Waals surface area (Å²) < 4.78 is 18.7. The fourth-order valence-corrected chi connectivity index (χ4v) is 4.99. The Morgan fingerprint density at radius 3 is 2.57 bits per heavy atom. The van der Waals surface area contributed by atoms with Gasteiger partial charge in [-0.3, -0.25) is 4.79 Å². The molecule has 1 saturated heterocycles. The Bertz CT molecular complexity index is 1230. The first-order chi connectivity index (χ1) is 18.0. The van der Waals surface area contributed by atoms with E-state index in [9.17, 15) is 14.4 Å². The van der Waals surface area contributed by atoms with Crippen LogP contribution in [0.4, 0.5) is 4.39 Å². The summed E-state index contributed by atoms with van der Waals surface area (Å²) in [5.74, 6) is 1.25. The van der Waals surface area contributed by atoms with Crippen LogP contribution in [0.15, 0.2) is 59.1 Å². The van der Waals surface area contributed by atoms with Crippen LogP contribution in [0.2, 0.25) is 0 Å². The number of nitrogens with zero attached hydrogens (tertiary/aromatic N) is 4. The molecule has 192 valence electrons. The highest BCUT2D eigenvalue weighted by Crippen LogP contribution is 2.35. The molecule has 1 amide bonds. The number of nitriles is 1. The average molecular weight is 502 g/mol. The molecule has 1 aliphatic heterocycles. The van der Waals surface area contributed by atoms with Gasteiger partial charge in [-0.1, -0.05) is 47.6 Å². The number of carbonyl (C=O) groups is 1. The van der Waals surface area contributed by atoms with Crippen LogP contribution >= 0.6 is 0 Å². The number of hydrogen-bond donors (Lipinski definition) is 1. The van der Waals surface area contributed by atoms with Gasteiger partial charge in [0.2, 0.25) is 11.8 Å². The second kappa shape index (κ2) is 11.2. The van der Waals surface area contributed by atoms with Crippen molar-refractivity contribution in [1.29, 1.82) is 5.26 Å². The lowest BCUT2D eigenvalue weighted by Gasteiger charge is -2.35. The number of carbonyl (C=O) groups excluding carboxylic acids is 1. The summed E-state index contributed by atoms with van der Waals surface area (Å²) in [6, 6.07) is 18.8. The largest absolute Gasteiger partial charge is 0.349 e. The van der Waals surface area contributed by atoms with Gasteiger partial charge in [-0.15, -0.1) is 0 Å². The number of benzene rings is 2. The third kappa shape index (κ3) is 6.41. The molecule has 2 heterocycles. The zero-order chi connectivity index (χ0) is 25.7. The molecule has 2 fully saturated rings. The minimum Gasteiger partial charge on any atom is -0.349 e. The SMILES string of the molecule is N#CC1(c2nc(Cc3ccc(F)cc3)no2)CCN(CC[C@H](NC(=O)CC2CC2)c2ccccc2)CC1. The van der Waals surface area contributed by atoms with E-state index in [4.69, 9.17) is 4.52 Å². The van der Waals surface area contributed by atoms with Crippen LogP contribution in [0.5, 0.6) is 0 Å². The zero-order valence-corrected chi connectivity index (χ0v) is 20.9. The number of nitrogens with one attached hydrogen (secondary N) is 1. The van der Waals surface area contributed by atoms with Gasteiger partial charge in [0.05, 0.1) is 12.1 Å². The summed E-state index contributed by atoms with van der Waals surface area (Å²) in [6.07, 6.45) is 5.37. The van der Waals surface area contributed by atoms with Crippen molar-refractivity contribution in [2.24, 2.45) is 5.92 Å². The molecule has 0 spiro atoms. The Morgan fingerprint density at radius 1 is 1.16 bits per heavy atom. The Morgan fingerprint density at radius 2 is 1.89 bits per heavy atom. The molecule has 1 aromatic heterocycles. The van der Waals surface area contributed by atoms with Crippen LogP contribution < -0.4 is 5.32 Å². The molecule has 2 aliphatic rings. The van der Waals surface area contributed by atoms with E-state index in [1.54, 1.807) is 12.1 Å². The van der Waals surface area contributed by atoms with Crippen molar-refractivity contribution in [2.45, 2.75) is 56.4 Å². The number of piperidine rings is 1. The van der Waals surface area contributed by atoms with Crippen LogP contribution in [0.3, 0.4) is 0 Å². The van der Waals surface area contributed by atoms with Gasteiger partial charge < -0.3 is 14.7 Å². The lowest BCUT2D eigenvalue weighted by molar-refractivity contribution is -0.122. The Balaban J connectivity index is 1.17. The van der Waals surface area contributed by atoms with Crippen LogP contribution in [-0.2, 0) is 16.6 Å². The van der Waals surface area contributed by atoms with Crippen molar-refractivity contribution in [3.8, 4) is 6.07 Å². The topological polar surface area (TPSA) is 95.1 Å². The molecule has 37 heavy (non-hydrogen) atoms. The highest BCUT2D eigenvalue weighted by Gasteiger charge is 2.41. The second-order valence-corrected chi connectivity index (χ2v) is 10.3. The van der Waals surface area contributed by atoms with E-state index in [1.807, 2.05) is 18.2 Å². The minimum atomic E-state index is -0.804. The van der Waals surface area contributed by atoms with Gasteiger partial charge in [-0.05, 0) is 61.3 Å². The standard InChI is InChI=1S/C29H32FN5O2/c30-24-10-8-21(9-11-24)18-26-33-28(37-34-26)29(20-31)13-16-35(17-14-29)15-12-25(23-4-2-1-3-5-23)32-27(36)19-22-6-7-22/h1-5,8-11,22,25H,6-7,12-19H2,(H,32,36)/t25-/m0/s1. The number of amides is 1. The molecule has 5 rings (SSSR count). The molecule has 2 aromatic carbocycles. The second-order valence-electron chi connectivity index (χ2n) is 10.3. The number of hydrogen-bond acceptors (Lipinski definition) is 6. The van der Waals surface area contributed by atoms with Crippen molar-refractivity contribution in [2.75, 3.05) is 19.6 Å². The summed E-state index contributed by atoms with van der Waals surface area (Å²) in [5.41, 5.74) is 1.20. The van der Waals surface area contributed by atoms with Gasteiger partial charge in [0.25, 0.3) is 0 Å².